The first-order valence-electron chi connectivity index (χ1n) is 8.43. The molecular weight excluding hydrogens is 340 g/mol. The van der Waals surface area contributed by atoms with Gasteiger partial charge in [-0.25, -0.2) is 13.1 Å². The minimum atomic E-state index is -3.69. The van der Waals surface area contributed by atoms with Crippen molar-refractivity contribution in [1.29, 1.82) is 0 Å². The normalized spacial score (nSPS) is 19.6. The third-order valence-electron chi connectivity index (χ3n) is 4.85. The summed E-state index contributed by atoms with van der Waals surface area (Å²) >= 11 is 0. The Morgan fingerprint density at radius 1 is 1.16 bits per heavy atom. The lowest BCUT2D eigenvalue weighted by Gasteiger charge is -2.24. The van der Waals surface area contributed by atoms with Crippen LogP contribution in [0.5, 0.6) is 0 Å². The second-order valence-corrected chi connectivity index (χ2v) is 8.33. The van der Waals surface area contributed by atoms with Crippen molar-refractivity contribution in [3.63, 3.8) is 0 Å². The van der Waals surface area contributed by atoms with Gasteiger partial charge in [0.25, 0.3) is 15.9 Å². The zero-order chi connectivity index (χ0) is 17.6. The van der Waals surface area contributed by atoms with Gasteiger partial charge in [0.1, 0.15) is 0 Å². The Morgan fingerprint density at radius 2 is 1.92 bits per heavy atom. The summed E-state index contributed by atoms with van der Waals surface area (Å²) < 4.78 is 32.3. The quantitative estimate of drug-likeness (QED) is 0.888. The highest BCUT2D eigenvalue weighted by Crippen LogP contribution is 2.35. The van der Waals surface area contributed by atoms with Gasteiger partial charge in [0.05, 0.1) is 6.04 Å². The Kier molecular flexibility index (Phi) is 3.92. The molecule has 2 aromatic rings. The van der Waals surface area contributed by atoms with Gasteiger partial charge < -0.3 is 9.32 Å². The van der Waals surface area contributed by atoms with Crippen molar-refractivity contribution in [3.05, 3.63) is 53.3 Å². The highest BCUT2D eigenvalue weighted by molar-refractivity contribution is 7.89. The molecule has 1 N–H and O–H groups in total. The number of carbonyl (C=O) groups excluding carboxylic acids is 1. The first kappa shape index (κ1) is 16.4. The van der Waals surface area contributed by atoms with Gasteiger partial charge in [-0.3, -0.25) is 4.79 Å². The fourth-order valence-corrected chi connectivity index (χ4v) is 4.55. The summed E-state index contributed by atoms with van der Waals surface area (Å²) in [7, 11) is -1.96. The van der Waals surface area contributed by atoms with Gasteiger partial charge in [-0.2, -0.15) is 0 Å². The van der Waals surface area contributed by atoms with E-state index in [1.807, 2.05) is 18.2 Å². The van der Waals surface area contributed by atoms with E-state index in [9.17, 15) is 13.2 Å². The van der Waals surface area contributed by atoms with Gasteiger partial charge in [-0.05, 0) is 48.9 Å². The van der Waals surface area contributed by atoms with Crippen LogP contribution in [0.25, 0.3) is 0 Å². The maximum absolute atomic E-state index is 12.7. The van der Waals surface area contributed by atoms with E-state index in [-0.39, 0.29) is 28.8 Å². The van der Waals surface area contributed by atoms with Gasteiger partial charge in [0, 0.05) is 13.1 Å². The number of furan rings is 1. The molecule has 1 atom stereocenters. The predicted molar refractivity (Wildman–Crippen MR) is 91.6 cm³/mol. The SMILES string of the molecule is CN(C(=O)c1ccc(S(=O)(=O)NC2CC2)o1)C1CCc2ccccc21. The number of hydrogen-bond donors (Lipinski definition) is 1. The third-order valence-corrected chi connectivity index (χ3v) is 6.24. The smallest absolute Gasteiger partial charge is 0.289 e. The molecule has 2 aliphatic rings. The molecule has 0 aliphatic heterocycles. The molecule has 25 heavy (non-hydrogen) atoms. The number of rotatable bonds is 5. The van der Waals surface area contributed by atoms with E-state index in [4.69, 9.17) is 4.42 Å². The molecule has 2 aliphatic carbocycles. The Labute approximate surface area is 146 Å². The summed E-state index contributed by atoms with van der Waals surface area (Å²) in [6.45, 7) is 0. The molecule has 1 aromatic carbocycles. The predicted octanol–water partition coefficient (Wildman–Crippen LogP) is 2.48. The molecule has 0 saturated heterocycles. The van der Waals surface area contributed by atoms with E-state index in [0.29, 0.717) is 0 Å². The average Bonchev–Trinajstić information content (AvgIpc) is 3.12. The van der Waals surface area contributed by atoms with Crippen molar-refractivity contribution < 1.29 is 17.6 Å². The van der Waals surface area contributed by atoms with E-state index in [1.54, 1.807) is 11.9 Å². The summed E-state index contributed by atoms with van der Waals surface area (Å²) in [5.74, 6) is -0.266. The molecule has 0 spiro atoms. The van der Waals surface area contributed by atoms with E-state index in [1.165, 1.54) is 17.7 Å². The monoisotopic (exact) mass is 360 g/mol. The van der Waals surface area contributed by atoms with Crippen LogP contribution >= 0.6 is 0 Å². The zero-order valence-electron chi connectivity index (χ0n) is 13.9. The summed E-state index contributed by atoms with van der Waals surface area (Å²) in [5, 5.41) is -0.206. The molecule has 6 nitrogen and oxygen atoms in total. The van der Waals surface area contributed by atoms with Crippen molar-refractivity contribution in [2.45, 2.75) is 42.9 Å². The average molecular weight is 360 g/mol. The summed E-state index contributed by atoms with van der Waals surface area (Å²) in [6, 6.07) is 10.8. The van der Waals surface area contributed by atoms with Crippen LogP contribution in [0.1, 0.15) is 47.0 Å². The van der Waals surface area contributed by atoms with E-state index < -0.39 is 10.0 Å². The molecule has 1 amide bonds. The van der Waals surface area contributed by atoms with Crippen LogP contribution in [0, 0.1) is 0 Å². The van der Waals surface area contributed by atoms with E-state index >= 15 is 0 Å². The van der Waals surface area contributed by atoms with Crippen molar-refractivity contribution in [3.8, 4) is 0 Å². The van der Waals surface area contributed by atoms with Crippen molar-refractivity contribution in [2.75, 3.05) is 7.05 Å². The maximum atomic E-state index is 12.7. The van der Waals surface area contributed by atoms with Crippen LogP contribution in [0.4, 0.5) is 0 Å². The van der Waals surface area contributed by atoms with E-state index in [2.05, 4.69) is 10.8 Å². The molecule has 1 saturated carbocycles. The molecule has 1 unspecified atom stereocenters. The Hall–Kier alpha value is -2.12. The zero-order valence-corrected chi connectivity index (χ0v) is 14.8. The number of hydrogen-bond acceptors (Lipinski definition) is 4. The molecule has 0 radical (unpaired) electrons. The van der Waals surface area contributed by atoms with Gasteiger partial charge in [0.2, 0.25) is 5.09 Å². The van der Waals surface area contributed by atoms with Crippen molar-refractivity contribution in [2.24, 2.45) is 0 Å². The number of nitrogens with one attached hydrogen (secondary N) is 1. The topological polar surface area (TPSA) is 79.6 Å². The number of sulfonamides is 1. The van der Waals surface area contributed by atoms with Crippen molar-refractivity contribution in [1.82, 2.24) is 9.62 Å². The Balaban J connectivity index is 1.53. The van der Waals surface area contributed by atoms with Crippen LogP contribution in [0.2, 0.25) is 0 Å². The van der Waals surface area contributed by atoms with Crippen molar-refractivity contribution >= 4 is 15.9 Å². The molecule has 4 rings (SSSR count). The lowest BCUT2D eigenvalue weighted by atomic mass is 10.1. The highest BCUT2D eigenvalue weighted by atomic mass is 32.2. The Bertz CT molecular complexity index is 915. The van der Waals surface area contributed by atoms with Crippen LogP contribution in [0.15, 0.2) is 45.9 Å². The number of nitrogens with zero attached hydrogens (tertiary/aromatic N) is 1. The molecule has 0 bridgehead atoms. The molecule has 1 heterocycles. The van der Waals surface area contributed by atoms with Crippen LogP contribution in [0.3, 0.4) is 0 Å². The third kappa shape index (κ3) is 3.09. The molecule has 1 fully saturated rings. The van der Waals surface area contributed by atoms with Gasteiger partial charge in [0.15, 0.2) is 5.76 Å². The standard InChI is InChI=1S/C18H20N2O4S/c1-20(15-9-6-12-4-2-3-5-14(12)15)18(21)16-10-11-17(24-16)25(22,23)19-13-7-8-13/h2-5,10-11,13,15,19H,6-9H2,1H3. The van der Waals surface area contributed by atoms with Crippen LogP contribution in [-0.4, -0.2) is 32.3 Å². The molecule has 1 aromatic heterocycles. The lowest BCUT2D eigenvalue weighted by molar-refractivity contribution is 0.0692. The fraction of sp³-hybridized carbons (Fsp3) is 0.389. The number of aryl methyl sites for hydroxylation is 1. The fourth-order valence-electron chi connectivity index (χ4n) is 3.31. The maximum Gasteiger partial charge on any atom is 0.289 e. The minimum Gasteiger partial charge on any atom is -0.438 e. The number of benzene rings is 1. The molecule has 7 heteroatoms. The summed E-state index contributed by atoms with van der Waals surface area (Å²) in [6.07, 6.45) is 3.48. The minimum absolute atomic E-state index is 0.00749. The summed E-state index contributed by atoms with van der Waals surface area (Å²) in [4.78, 5) is 14.4. The molecular formula is C18H20N2O4S. The highest BCUT2D eigenvalue weighted by Gasteiger charge is 2.33. The van der Waals surface area contributed by atoms with Gasteiger partial charge >= 0.3 is 0 Å². The largest absolute Gasteiger partial charge is 0.438 e. The van der Waals surface area contributed by atoms with E-state index in [0.717, 1.165) is 31.2 Å². The number of fused-ring (bicyclic) bond motifs is 1. The molecule has 132 valence electrons. The van der Waals surface area contributed by atoms with Gasteiger partial charge in [-0.1, -0.05) is 24.3 Å². The number of amides is 1. The lowest BCUT2D eigenvalue weighted by Crippen LogP contribution is -2.30. The second kappa shape index (κ2) is 6.00. The summed E-state index contributed by atoms with van der Waals surface area (Å²) in [5.41, 5.74) is 2.40. The number of carbonyl (C=O) groups is 1. The van der Waals surface area contributed by atoms with Crippen LogP contribution < -0.4 is 4.72 Å². The Morgan fingerprint density at radius 3 is 2.68 bits per heavy atom. The first-order chi connectivity index (χ1) is 12.0. The second-order valence-electron chi connectivity index (χ2n) is 6.68. The first-order valence-corrected chi connectivity index (χ1v) is 9.91. The van der Waals surface area contributed by atoms with Gasteiger partial charge in [-0.15, -0.1) is 0 Å². The van der Waals surface area contributed by atoms with Crippen LogP contribution in [-0.2, 0) is 16.4 Å².